The summed E-state index contributed by atoms with van der Waals surface area (Å²) in [5.74, 6) is -1.62. The minimum absolute atomic E-state index is 0.193. The Bertz CT molecular complexity index is 1700. The molecule has 7 nitrogen and oxygen atoms in total. The number of carbonyl (C=O) groups excluding carboxylic acids is 1. The van der Waals surface area contributed by atoms with Crippen molar-refractivity contribution in [2.45, 2.75) is 32.7 Å². The number of carboxylic acid groups (broad SMARTS) is 1. The summed E-state index contributed by atoms with van der Waals surface area (Å²) >= 11 is 3.91. The molecule has 0 aliphatic carbocycles. The Morgan fingerprint density at radius 3 is 2.39 bits per heavy atom. The number of thiophene rings is 2. The lowest BCUT2D eigenvalue weighted by Gasteiger charge is -2.14. The maximum atomic E-state index is 13.1. The first-order valence-corrected chi connectivity index (χ1v) is 14.5. The maximum absolute atomic E-state index is 13.1. The minimum Gasteiger partial charge on any atom is -0.481 e. The zero-order valence-corrected chi connectivity index (χ0v) is 23.9. The largest absolute Gasteiger partial charge is 0.573 e. The van der Waals surface area contributed by atoms with Gasteiger partial charge in [-0.25, -0.2) is 4.79 Å². The van der Waals surface area contributed by atoms with Crippen molar-refractivity contribution in [1.29, 1.82) is 0 Å². The van der Waals surface area contributed by atoms with E-state index in [1.54, 1.807) is 19.9 Å². The van der Waals surface area contributed by atoms with E-state index in [0.29, 0.717) is 16.3 Å². The van der Waals surface area contributed by atoms with Crippen molar-refractivity contribution < 1.29 is 37.3 Å². The molecule has 1 amide bonds. The Labute approximate surface area is 244 Å². The molecular formula is C28H21F3N2O5S3. The zero-order chi connectivity index (χ0) is 29.3. The first kappa shape index (κ1) is 28.6. The lowest BCUT2D eigenvalue weighted by Crippen LogP contribution is -2.18. The second-order valence-corrected chi connectivity index (χ2v) is 11.9. The molecule has 1 atom stereocenters. The average molecular weight is 619 g/mol. The molecule has 0 saturated carbocycles. The van der Waals surface area contributed by atoms with Crippen molar-refractivity contribution in [3.63, 3.8) is 0 Å². The molecule has 212 valence electrons. The average Bonchev–Trinajstić information content (AvgIpc) is 3.57. The van der Waals surface area contributed by atoms with E-state index in [0.717, 1.165) is 30.8 Å². The van der Waals surface area contributed by atoms with E-state index >= 15 is 0 Å². The highest BCUT2D eigenvalue weighted by Crippen LogP contribution is 2.47. The van der Waals surface area contributed by atoms with Gasteiger partial charge in [0.15, 0.2) is 0 Å². The van der Waals surface area contributed by atoms with Crippen LogP contribution < -0.4 is 10.1 Å². The lowest BCUT2D eigenvalue weighted by molar-refractivity contribution is -0.274. The monoisotopic (exact) mass is 618 g/mol. The number of hydrogen-bond donors (Lipinski definition) is 2. The molecule has 5 rings (SSSR count). The van der Waals surface area contributed by atoms with Crippen LogP contribution in [-0.4, -0.2) is 27.9 Å². The fourth-order valence-electron chi connectivity index (χ4n) is 4.11. The maximum Gasteiger partial charge on any atom is 0.573 e. The number of carbonyl (C=O) groups is 2. The Balaban J connectivity index is 1.40. The number of aryl methyl sites for hydroxylation is 1. The third kappa shape index (κ3) is 6.69. The van der Waals surface area contributed by atoms with Crippen molar-refractivity contribution in [3.05, 3.63) is 77.5 Å². The summed E-state index contributed by atoms with van der Waals surface area (Å²) in [5.41, 5.74) is 2.42. The molecule has 0 saturated heterocycles. The highest BCUT2D eigenvalue weighted by atomic mass is 32.1. The number of benzene rings is 2. The van der Waals surface area contributed by atoms with E-state index in [1.807, 2.05) is 36.4 Å². The molecule has 5 aromatic rings. The molecule has 0 aliphatic rings. The fourth-order valence-corrected chi connectivity index (χ4v) is 7.48. The topological polar surface area (TPSA) is 97.8 Å². The minimum atomic E-state index is -4.94. The number of aliphatic carboxylic acids is 1. The quantitative estimate of drug-likeness (QED) is 0.180. The molecule has 0 radical (unpaired) electrons. The third-order valence-corrected chi connectivity index (χ3v) is 9.41. The van der Waals surface area contributed by atoms with Crippen LogP contribution in [0, 0.1) is 6.92 Å². The highest BCUT2D eigenvalue weighted by Gasteiger charge is 2.33. The van der Waals surface area contributed by atoms with E-state index < -0.39 is 36.7 Å². The summed E-state index contributed by atoms with van der Waals surface area (Å²) in [4.78, 5) is 25.8. The number of anilines is 1. The van der Waals surface area contributed by atoms with Crippen LogP contribution in [0.25, 0.3) is 29.6 Å². The van der Waals surface area contributed by atoms with Crippen LogP contribution in [0.5, 0.6) is 5.75 Å². The summed E-state index contributed by atoms with van der Waals surface area (Å²) < 4.78 is 55.2. The van der Waals surface area contributed by atoms with Gasteiger partial charge in [0.2, 0.25) is 0 Å². The number of ether oxygens (including phenoxy) is 2. The molecule has 13 heteroatoms. The van der Waals surface area contributed by atoms with Gasteiger partial charge in [-0.15, -0.1) is 35.8 Å². The van der Waals surface area contributed by atoms with Gasteiger partial charge in [0.25, 0.3) is 0 Å². The molecule has 3 heterocycles. The Hall–Kier alpha value is -3.94. The number of nitrogens with zero attached hydrogens (tertiary/aromatic N) is 1. The van der Waals surface area contributed by atoms with E-state index in [2.05, 4.69) is 14.4 Å². The van der Waals surface area contributed by atoms with Crippen LogP contribution in [-0.2, 0) is 16.0 Å². The molecule has 2 aromatic carbocycles. The van der Waals surface area contributed by atoms with Gasteiger partial charge in [0.1, 0.15) is 11.9 Å². The summed E-state index contributed by atoms with van der Waals surface area (Å²) in [6.07, 6.45) is -6.44. The second kappa shape index (κ2) is 11.5. The predicted octanol–water partition coefficient (Wildman–Crippen LogP) is 8.90. The van der Waals surface area contributed by atoms with Gasteiger partial charge in [-0.2, -0.15) is 4.37 Å². The summed E-state index contributed by atoms with van der Waals surface area (Å²) in [7, 11) is 0. The number of halogens is 3. The van der Waals surface area contributed by atoms with Gasteiger partial charge in [-0.3, -0.25) is 10.1 Å². The Morgan fingerprint density at radius 1 is 1.02 bits per heavy atom. The van der Waals surface area contributed by atoms with Crippen molar-refractivity contribution in [1.82, 2.24) is 4.37 Å². The van der Waals surface area contributed by atoms with Gasteiger partial charge >= 0.3 is 18.4 Å². The van der Waals surface area contributed by atoms with Crippen molar-refractivity contribution in [2.75, 3.05) is 5.32 Å². The summed E-state index contributed by atoms with van der Waals surface area (Å²) in [6, 6.07) is 17.0. The smallest absolute Gasteiger partial charge is 0.481 e. The van der Waals surface area contributed by atoms with E-state index in [9.17, 15) is 22.8 Å². The third-order valence-electron chi connectivity index (χ3n) is 5.97. The molecule has 0 spiro atoms. The standard InChI is InChI=1S/C28H21F3N2O5S3/c1-14-25(32-27(36)37-15(2)17-6-4-3-5-7-17)26(41-33-14)23-13-22-21(40-23)12-20(39-22)18-9-8-16(11-24(34)35)10-19(18)38-28(29,30)31/h3-10,12-13,15H,11H2,1-2H3,(H,32,36)(H,34,35)/t15-/m1/s1. The highest BCUT2D eigenvalue weighted by molar-refractivity contribution is 7.32. The van der Waals surface area contributed by atoms with Gasteiger partial charge in [-0.1, -0.05) is 36.4 Å². The number of nitrogens with one attached hydrogen (secondary N) is 1. The van der Waals surface area contributed by atoms with E-state index in [4.69, 9.17) is 9.84 Å². The van der Waals surface area contributed by atoms with Crippen LogP contribution >= 0.6 is 34.2 Å². The number of aromatic nitrogens is 1. The van der Waals surface area contributed by atoms with Crippen LogP contribution in [0.2, 0.25) is 0 Å². The molecule has 41 heavy (non-hydrogen) atoms. The number of alkyl halides is 3. The first-order chi connectivity index (χ1) is 19.5. The summed E-state index contributed by atoms with van der Waals surface area (Å²) in [6.45, 7) is 3.56. The Kier molecular flexibility index (Phi) is 8.02. The van der Waals surface area contributed by atoms with E-state index in [1.165, 1.54) is 46.3 Å². The number of hydrogen-bond acceptors (Lipinski definition) is 8. The van der Waals surface area contributed by atoms with Crippen molar-refractivity contribution >= 4 is 61.4 Å². The van der Waals surface area contributed by atoms with Gasteiger partial charge in [-0.05, 0) is 60.8 Å². The molecule has 0 unspecified atom stereocenters. The SMILES string of the molecule is Cc1nsc(-c2cc3sc(-c4ccc(CC(=O)O)cc4OC(F)(F)F)cc3s2)c1NC(=O)O[C@H](C)c1ccccc1. The van der Waals surface area contributed by atoms with Crippen molar-refractivity contribution in [3.8, 4) is 25.9 Å². The van der Waals surface area contributed by atoms with Crippen LogP contribution in [0.1, 0.15) is 29.8 Å². The van der Waals surface area contributed by atoms with Gasteiger partial charge < -0.3 is 14.6 Å². The zero-order valence-electron chi connectivity index (χ0n) is 21.4. The van der Waals surface area contributed by atoms with Crippen LogP contribution in [0.3, 0.4) is 0 Å². The second-order valence-electron chi connectivity index (χ2n) is 8.95. The fraction of sp³-hybridized carbons (Fsp3) is 0.179. The van der Waals surface area contributed by atoms with Crippen molar-refractivity contribution in [2.24, 2.45) is 0 Å². The van der Waals surface area contributed by atoms with Gasteiger partial charge in [0.05, 0.1) is 27.6 Å². The molecule has 0 aliphatic heterocycles. The number of rotatable bonds is 8. The predicted molar refractivity (Wildman–Crippen MR) is 154 cm³/mol. The number of carboxylic acids is 1. The number of amides is 1. The lowest BCUT2D eigenvalue weighted by atomic mass is 10.1. The molecule has 2 N–H and O–H groups in total. The molecule has 0 fully saturated rings. The van der Waals surface area contributed by atoms with Crippen LogP contribution in [0.4, 0.5) is 23.7 Å². The molecule has 0 bridgehead atoms. The normalized spacial score (nSPS) is 12.3. The van der Waals surface area contributed by atoms with Gasteiger partial charge in [0, 0.05) is 19.8 Å². The van der Waals surface area contributed by atoms with Crippen LogP contribution in [0.15, 0.2) is 60.7 Å². The Morgan fingerprint density at radius 2 is 1.71 bits per heavy atom. The van der Waals surface area contributed by atoms with E-state index in [-0.39, 0.29) is 11.1 Å². The first-order valence-electron chi connectivity index (χ1n) is 12.1. The number of fused-ring (bicyclic) bond motifs is 1. The summed E-state index contributed by atoms with van der Waals surface area (Å²) in [5, 5.41) is 11.8. The molecular weight excluding hydrogens is 598 g/mol. The molecule has 3 aromatic heterocycles.